The van der Waals surface area contributed by atoms with E-state index >= 15 is 0 Å². The summed E-state index contributed by atoms with van der Waals surface area (Å²) in [5, 5.41) is 5.71. The summed E-state index contributed by atoms with van der Waals surface area (Å²) in [7, 11) is -1.71. The van der Waals surface area contributed by atoms with Gasteiger partial charge in [-0.2, -0.15) is 0 Å². The molecule has 1 aromatic rings. The number of benzene rings is 1. The lowest BCUT2D eigenvalue weighted by atomic mass is 10.3. The Morgan fingerprint density at radius 2 is 1.95 bits per heavy atom. The van der Waals surface area contributed by atoms with Gasteiger partial charge in [-0.15, -0.1) is 0 Å². The van der Waals surface area contributed by atoms with Crippen molar-refractivity contribution < 1.29 is 17.9 Å². The summed E-state index contributed by atoms with van der Waals surface area (Å²) in [5.41, 5.74) is 0.532. The van der Waals surface area contributed by atoms with Crippen LogP contribution in [0.4, 0.5) is 5.69 Å². The van der Waals surface area contributed by atoms with E-state index in [0.29, 0.717) is 25.4 Å². The third kappa shape index (κ3) is 5.73. The van der Waals surface area contributed by atoms with Gasteiger partial charge < -0.3 is 15.4 Å². The number of hydrogen-bond acceptors (Lipinski definition) is 5. The Morgan fingerprint density at radius 3 is 2.62 bits per heavy atom. The molecule has 0 aromatic heterocycles. The van der Waals surface area contributed by atoms with E-state index in [1.165, 1.54) is 0 Å². The molecule has 0 saturated heterocycles. The van der Waals surface area contributed by atoms with E-state index in [0.717, 1.165) is 0 Å². The number of nitrogens with one attached hydrogen (secondary N) is 2. The second kappa shape index (κ2) is 8.63. The highest BCUT2D eigenvalue weighted by Gasteiger charge is 2.15. The Labute approximate surface area is 125 Å². The van der Waals surface area contributed by atoms with Crippen LogP contribution in [0.3, 0.4) is 0 Å². The molecule has 1 rings (SSSR count). The largest absolute Gasteiger partial charge is 0.383 e. The summed E-state index contributed by atoms with van der Waals surface area (Å²) in [5.74, 6) is -0.0567. The average molecular weight is 314 g/mol. The van der Waals surface area contributed by atoms with Gasteiger partial charge in [0.2, 0.25) is 5.91 Å². The van der Waals surface area contributed by atoms with E-state index in [9.17, 15) is 13.2 Å². The number of carbonyl (C=O) groups excluding carboxylic acids is 1. The number of methoxy groups -OCH3 is 1. The summed E-state index contributed by atoms with van der Waals surface area (Å²) >= 11 is 0. The molecule has 0 aliphatic heterocycles. The molecule has 0 radical (unpaired) electrons. The van der Waals surface area contributed by atoms with Crippen LogP contribution in [0.5, 0.6) is 0 Å². The molecule has 21 heavy (non-hydrogen) atoms. The van der Waals surface area contributed by atoms with Gasteiger partial charge in [-0.25, -0.2) is 8.42 Å². The lowest BCUT2D eigenvalue weighted by Gasteiger charge is -2.11. The first-order valence-electron chi connectivity index (χ1n) is 6.82. The molecular weight excluding hydrogens is 292 g/mol. The first-order chi connectivity index (χ1) is 10.0. The average Bonchev–Trinajstić information content (AvgIpc) is 2.48. The van der Waals surface area contributed by atoms with Gasteiger partial charge in [0.1, 0.15) is 0 Å². The number of amides is 1. The van der Waals surface area contributed by atoms with Crippen molar-refractivity contribution in [3.8, 4) is 0 Å². The Bertz CT molecular complexity index is 558. The number of rotatable bonds is 9. The van der Waals surface area contributed by atoms with Crippen LogP contribution in [0.25, 0.3) is 0 Å². The molecule has 0 saturated carbocycles. The van der Waals surface area contributed by atoms with Crippen molar-refractivity contribution in [2.45, 2.75) is 18.2 Å². The van der Waals surface area contributed by atoms with Crippen molar-refractivity contribution >= 4 is 21.4 Å². The zero-order chi connectivity index (χ0) is 15.7. The van der Waals surface area contributed by atoms with Crippen LogP contribution < -0.4 is 10.6 Å². The molecule has 1 amide bonds. The van der Waals surface area contributed by atoms with Crippen LogP contribution in [-0.4, -0.2) is 46.9 Å². The maximum Gasteiger partial charge on any atom is 0.221 e. The van der Waals surface area contributed by atoms with E-state index in [1.54, 1.807) is 38.3 Å². The zero-order valence-corrected chi connectivity index (χ0v) is 13.2. The number of para-hydroxylation sites is 1. The minimum atomic E-state index is -3.28. The topological polar surface area (TPSA) is 84.5 Å². The fourth-order valence-corrected chi connectivity index (χ4v) is 2.80. The van der Waals surface area contributed by atoms with Gasteiger partial charge in [-0.3, -0.25) is 4.79 Å². The summed E-state index contributed by atoms with van der Waals surface area (Å²) in [6.45, 7) is 2.91. The first kappa shape index (κ1) is 17.5. The molecule has 0 bridgehead atoms. The van der Waals surface area contributed by atoms with Crippen LogP contribution >= 0.6 is 0 Å². The highest BCUT2D eigenvalue weighted by Crippen LogP contribution is 2.21. The third-order valence-corrected chi connectivity index (χ3v) is 4.68. The maximum atomic E-state index is 12.0. The highest BCUT2D eigenvalue weighted by atomic mass is 32.2. The number of sulfone groups is 1. The van der Waals surface area contributed by atoms with Gasteiger partial charge in [0.05, 0.1) is 22.9 Å². The van der Waals surface area contributed by atoms with Crippen molar-refractivity contribution in [3.05, 3.63) is 24.3 Å². The van der Waals surface area contributed by atoms with E-state index < -0.39 is 9.84 Å². The van der Waals surface area contributed by atoms with Crippen molar-refractivity contribution in [1.82, 2.24) is 5.32 Å². The number of ether oxygens (including phenoxy) is 1. The van der Waals surface area contributed by atoms with Crippen molar-refractivity contribution in [2.75, 3.05) is 37.9 Å². The molecule has 1 aromatic carbocycles. The normalized spacial score (nSPS) is 11.1. The molecule has 6 nitrogen and oxygen atoms in total. The number of hydrogen-bond donors (Lipinski definition) is 2. The molecule has 7 heteroatoms. The summed E-state index contributed by atoms with van der Waals surface area (Å²) in [6, 6.07) is 6.71. The third-order valence-electron chi connectivity index (χ3n) is 2.90. The SMILES string of the molecule is CCS(=O)(=O)c1ccccc1NCCC(=O)NCCOC. The van der Waals surface area contributed by atoms with Crippen LogP contribution in [0.15, 0.2) is 29.2 Å². The predicted molar refractivity (Wildman–Crippen MR) is 82.2 cm³/mol. The molecule has 0 spiro atoms. The minimum absolute atomic E-state index is 0.0448. The first-order valence-corrected chi connectivity index (χ1v) is 8.47. The standard InChI is InChI=1S/C14H22N2O4S/c1-3-21(18,19)13-7-5-4-6-12(13)15-9-8-14(17)16-10-11-20-2/h4-7,15H,3,8-11H2,1-2H3,(H,16,17). The minimum Gasteiger partial charge on any atom is -0.383 e. The molecule has 0 atom stereocenters. The Kier molecular flexibility index (Phi) is 7.18. The van der Waals surface area contributed by atoms with E-state index in [1.807, 2.05) is 0 Å². The van der Waals surface area contributed by atoms with E-state index in [4.69, 9.17) is 4.74 Å². The molecule has 0 fully saturated rings. The Hall–Kier alpha value is -1.60. The highest BCUT2D eigenvalue weighted by molar-refractivity contribution is 7.91. The number of carbonyl (C=O) groups is 1. The second-order valence-corrected chi connectivity index (χ2v) is 6.67. The van der Waals surface area contributed by atoms with Crippen LogP contribution in [0.2, 0.25) is 0 Å². The summed E-state index contributed by atoms with van der Waals surface area (Å²) in [6.07, 6.45) is 0.268. The van der Waals surface area contributed by atoms with Crippen LogP contribution in [-0.2, 0) is 19.4 Å². The molecule has 118 valence electrons. The molecule has 2 N–H and O–H groups in total. The fourth-order valence-electron chi connectivity index (χ4n) is 1.73. The Morgan fingerprint density at radius 1 is 1.24 bits per heavy atom. The van der Waals surface area contributed by atoms with Crippen molar-refractivity contribution in [3.63, 3.8) is 0 Å². The fraction of sp³-hybridized carbons (Fsp3) is 0.500. The van der Waals surface area contributed by atoms with Crippen LogP contribution in [0, 0.1) is 0 Å². The molecule has 0 unspecified atom stereocenters. The van der Waals surface area contributed by atoms with Crippen molar-refractivity contribution in [2.24, 2.45) is 0 Å². The van der Waals surface area contributed by atoms with Gasteiger partial charge >= 0.3 is 0 Å². The summed E-state index contributed by atoms with van der Waals surface area (Å²) < 4.78 is 28.8. The number of anilines is 1. The maximum absolute atomic E-state index is 12.0. The predicted octanol–water partition coefficient (Wildman–Crippen LogP) is 1.04. The van der Waals surface area contributed by atoms with Gasteiger partial charge in [0.25, 0.3) is 0 Å². The molecule has 0 heterocycles. The van der Waals surface area contributed by atoms with Gasteiger partial charge in [-0.1, -0.05) is 19.1 Å². The van der Waals surface area contributed by atoms with Gasteiger partial charge in [-0.05, 0) is 12.1 Å². The lowest BCUT2D eigenvalue weighted by Crippen LogP contribution is -2.28. The van der Waals surface area contributed by atoms with E-state index in [-0.39, 0.29) is 23.0 Å². The molecule has 0 aliphatic rings. The second-order valence-electron chi connectivity index (χ2n) is 4.42. The quantitative estimate of drug-likeness (QED) is 0.665. The monoisotopic (exact) mass is 314 g/mol. The Balaban J connectivity index is 2.55. The smallest absolute Gasteiger partial charge is 0.221 e. The van der Waals surface area contributed by atoms with Gasteiger partial charge in [0.15, 0.2) is 9.84 Å². The lowest BCUT2D eigenvalue weighted by molar-refractivity contribution is -0.121. The molecular formula is C14H22N2O4S. The van der Waals surface area contributed by atoms with Crippen molar-refractivity contribution in [1.29, 1.82) is 0 Å². The van der Waals surface area contributed by atoms with Crippen LogP contribution in [0.1, 0.15) is 13.3 Å². The van der Waals surface area contributed by atoms with E-state index in [2.05, 4.69) is 10.6 Å². The summed E-state index contributed by atoms with van der Waals surface area (Å²) in [4.78, 5) is 11.8. The van der Waals surface area contributed by atoms with Gasteiger partial charge in [0, 0.05) is 26.6 Å². The molecule has 0 aliphatic carbocycles. The zero-order valence-electron chi connectivity index (χ0n) is 12.4.